The molecule has 1 aliphatic rings. The maximum atomic E-state index is 4.70. The summed E-state index contributed by atoms with van der Waals surface area (Å²) in [6.45, 7) is 4.68. The smallest absolute Gasteiger partial charge is 0.184 e. The Balaban J connectivity index is 1.78. The predicted molar refractivity (Wildman–Crippen MR) is 86.9 cm³/mol. The molecule has 3 atom stereocenters. The summed E-state index contributed by atoms with van der Waals surface area (Å²) < 4.78 is 2.35. The van der Waals surface area contributed by atoms with Crippen LogP contribution >= 0.6 is 27.3 Å². The Bertz CT molecular complexity index is 581. The minimum Gasteiger partial charge on any atom is -0.358 e. The third kappa shape index (κ3) is 2.65. The van der Waals surface area contributed by atoms with Gasteiger partial charge in [-0.15, -0.1) is 0 Å². The summed E-state index contributed by atoms with van der Waals surface area (Å²) >= 11 is 5.26. The van der Waals surface area contributed by atoms with E-state index in [2.05, 4.69) is 53.3 Å². The normalized spacial score (nSPS) is 27.0. The summed E-state index contributed by atoms with van der Waals surface area (Å²) in [6.07, 6.45) is 3.93. The van der Waals surface area contributed by atoms with Crippen LogP contribution in [0.2, 0.25) is 0 Å². The zero-order valence-corrected chi connectivity index (χ0v) is 13.7. The van der Waals surface area contributed by atoms with Crippen molar-refractivity contribution in [3.8, 4) is 0 Å². The van der Waals surface area contributed by atoms with Crippen LogP contribution in [-0.4, -0.2) is 11.0 Å². The Morgan fingerprint density at radius 1 is 1.42 bits per heavy atom. The third-order valence-electron chi connectivity index (χ3n) is 4.41. The van der Waals surface area contributed by atoms with Crippen molar-refractivity contribution in [2.24, 2.45) is 11.8 Å². The van der Waals surface area contributed by atoms with Gasteiger partial charge in [0.25, 0.3) is 0 Å². The van der Waals surface area contributed by atoms with Crippen molar-refractivity contribution in [2.45, 2.75) is 39.2 Å². The van der Waals surface area contributed by atoms with Crippen LogP contribution in [-0.2, 0) is 0 Å². The van der Waals surface area contributed by atoms with Crippen LogP contribution in [0, 0.1) is 11.8 Å². The van der Waals surface area contributed by atoms with E-state index in [4.69, 9.17) is 4.98 Å². The first-order valence-electron chi connectivity index (χ1n) is 7.00. The minimum absolute atomic E-state index is 0.592. The Morgan fingerprint density at radius 2 is 2.26 bits per heavy atom. The van der Waals surface area contributed by atoms with Gasteiger partial charge in [-0.2, -0.15) is 0 Å². The van der Waals surface area contributed by atoms with Crippen LogP contribution in [0.3, 0.4) is 0 Å². The molecule has 4 heteroatoms. The second-order valence-electron chi connectivity index (χ2n) is 5.49. The Kier molecular flexibility index (Phi) is 3.81. The largest absolute Gasteiger partial charge is 0.358 e. The van der Waals surface area contributed by atoms with Crippen LogP contribution in [0.1, 0.15) is 33.1 Å². The van der Waals surface area contributed by atoms with Gasteiger partial charge in [0.1, 0.15) is 0 Å². The van der Waals surface area contributed by atoms with Crippen molar-refractivity contribution in [2.75, 3.05) is 5.32 Å². The average molecular weight is 339 g/mol. The Hall–Kier alpha value is -0.610. The molecule has 0 bridgehead atoms. The van der Waals surface area contributed by atoms with Crippen LogP contribution in [0.4, 0.5) is 5.13 Å². The molecule has 0 radical (unpaired) electrons. The maximum absolute atomic E-state index is 4.70. The van der Waals surface area contributed by atoms with E-state index >= 15 is 0 Å². The van der Waals surface area contributed by atoms with E-state index in [9.17, 15) is 0 Å². The lowest BCUT2D eigenvalue weighted by molar-refractivity contribution is 0.392. The number of anilines is 1. The van der Waals surface area contributed by atoms with Gasteiger partial charge >= 0.3 is 0 Å². The van der Waals surface area contributed by atoms with Crippen LogP contribution < -0.4 is 5.32 Å². The van der Waals surface area contributed by atoms with E-state index in [0.29, 0.717) is 6.04 Å². The van der Waals surface area contributed by atoms with Gasteiger partial charge < -0.3 is 5.32 Å². The van der Waals surface area contributed by atoms with E-state index in [1.54, 1.807) is 11.3 Å². The van der Waals surface area contributed by atoms with Gasteiger partial charge in [-0.1, -0.05) is 47.5 Å². The molecule has 1 aromatic heterocycles. The van der Waals surface area contributed by atoms with Crippen LogP contribution in [0.5, 0.6) is 0 Å². The number of nitrogens with zero attached hydrogens (tertiary/aromatic N) is 1. The Morgan fingerprint density at radius 3 is 3.00 bits per heavy atom. The fraction of sp³-hybridized carbons (Fsp3) is 0.533. The first kappa shape index (κ1) is 13.4. The lowest BCUT2D eigenvalue weighted by atomic mass is 9.94. The maximum Gasteiger partial charge on any atom is 0.184 e. The molecule has 102 valence electrons. The van der Waals surface area contributed by atoms with Gasteiger partial charge in [-0.3, -0.25) is 0 Å². The van der Waals surface area contributed by atoms with Crippen molar-refractivity contribution in [1.29, 1.82) is 0 Å². The first-order chi connectivity index (χ1) is 9.17. The second-order valence-corrected chi connectivity index (χ2v) is 7.43. The van der Waals surface area contributed by atoms with E-state index in [-0.39, 0.29) is 0 Å². The molecule has 1 saturated carbocycles. The quantitative estimate of drug-likeness (QED) is 0.821. The molecule has 19 heavy (non-hydrogen) atoms. The number of thiazole rings is 1. The molecule has 1 heterocycles. The molecule has 2 nitrogen and oxygen atoms in total. The van der Waals surface area contributed by atoms with E-state index in [1.807, 2.05) is 0 Å². The number of fused-ring (bicyclic) bond motifs is 1. The zero-order chi connectivity index (χ0) is 13.4. The van der Waals surface area contributed by atoms with Gasteiger partial charge in [0.15, 0.2) is 5.13 Å². The van der Waals surface area contributed by atoms with Gasteiger partial charge in [0, 0.05) is 10.5 Å². The van der Waals surface area contributed by atoms with Crippen molar-refractivity contribution in [1.82, 2.24) is 4.98 Å². The molecule has 2 aromatic rings. The molecule has 3 rings (SSSR count). The molecule has 1 fully saturated rings. The highest BCUT2D eigenvalue weighted by atomic mass is 79.9. The fourth-order valence-corrected chi connectivity index (χ4v) is 4.41. The van der Waals surface area contributed by atoms with E-state index in [0.717, 1.165) is 27.0 Å². The molecular weight excluding hydrogens is 320 g/mol. The molecule has 0 saturated heterocycles. The summed E-state index contributed by atoms with van der Waals surface area (Å²) in [6, 6.07) is 6.89. The molecule has 1 aromatic carbocycles. The number of hydrogen-bond donors (Lipinski definition) is 1. The summed E-state index contributed by atoms with van der Waals surface area (Å²) in [5.41, 5.74) is 1.08. The van der Waals surface area contributed by atoms with Gasteiger partial charge in [0.05, 0.1) is 10.2 Å². The molecule has 0 amide bonds. The Labute approximate surface area is 126 Å². The van der Waals surface area contributed by atoms with Gasteiger partial charge in [-0.25, -0.2) is 4.98 Å². The van der Waals surface area contributed by atoms with Crippen molar-refractivity contribution >= 4 is 42.6 Å². The zero-order valence-electron chi connectivity index (χ0n) is 11.3. The fourth-order valence-electron chi connectivity index (χ4n) is 3.15. The van der Waals surface area contributed by atoms with Crippen molar-refractivity contribution in [3.05, 3.63) is 22.7 Å². The topological polar surface area (TPSA) is 24.9 Å². The third-order valence-corrected chi connectivity index (χ3v) is 5.87. The number of hydrogen-bond acceptors (Lipinski definition) is 3. The second kappa shape index (κ2) is 5.41. The lowest BCUT2D eigenvalue weighted by Crippen LogP contribution is -2.24. The minimum atomic E-state index is 0.592. The lowest BCUT2D eigenvalue weighted by Gasteiger charge is -2.20. The number of nitrogens with one attached hydrogen (secondary N) is 1. The number of rotatable bonds is 3. The summed E-state index contributed by atoms with van der Waals surface area (Å²) in [5.74, 6) is 1.63. The van der Waals surface area contributed by atoms with Crippen molar-refractivity contribution in [3.63, 3.8) is 0 Å². The van der Waals surface area contributed by atoms with Gasteiger partial charge in [0.2, 0.25) is 0 Å². The molecule has 3 unspecified atom stereocenters. The molecule has 1 N–H and O–H groups in total. The number of halogens is 1. The van der Waals surface area contributed by atoms with E-state index in [1.165, 1.54) is 24.0 Å². The monoisotopic (exact) mass is 338 g/mol. The van der Waals surface area contributed by atoms with Crippen LogP contribution in [0.15, 0.2) is 22.7 Å². The van der Waals surface area contributed by atoms with E-state index < -0.39 is 0 Å². The molecule has 1 aliphatic carbocycles. The standard InChI is InChI=1S/C15H19BrN2S/c1-3-10-4-6-12(9(10)2)17-15-18-13-8-11(16)5-7-14(13)19-15/h5,7-10,12H,3-4,6H2,1-2H3,(H,17,18). The SMILES string of the molecule is CCC1CCC(Nc2nc3cc(Br)ccc3s2)C1C. The molecule has 0 aliphatic heterocycles. The summed E-state index contributed by atoms with van der Waals surface area (Å²) in [7, 11) is 0. The first-order valence-corrected chi connectivity index (χ1v) is 8.61. The number of benzene rings is 1. The predicted octanol–water partition coefficient (Wildman–Crippen LogP) is 5.30. The highest BCUT2D eigenvalue weighted by Crippen LogP contribution is 2.37. The number of aromatic nitrogens is 1. The van der Waals surface area contributed by atoms with Gasteiger partial charge in [-0.05, 0) is 42.9 Å². The molecular formula is C15H19BrN2S. The highest BCUT2D eigenvalue weighted by molar-refractivity contribution is 9.10. The highest BCUT2D eigenvalue weighted by Gasteiger charge is 2.31. The van der Waals surface area contributed by atoms with Crippen molar-refractivity contribution < 1.29 is 0 Å². The summed E-state index contributed by atoms with van der Waals surface area (Å²) in [4.78, 5) is 4.70. The molecule has 0 spiro atoms. The van der Waals surface area contributed by atoms with Crippen LogP contribution in [0.25, 0.3) is 10.2 Å². The average Bonchev–Trinajstić information content (AvgIpc) is 2.93. The summed E-state index contributed by atoms with van der Waals surface area (Å²) in [5, 5.41) is 4.73.